The molecule has 28 heavy (non-hydrogen) atoms. The van der Waals surface area contributed by atoms with E-state index in [2.05, 4.69) is 14.9 Å². The van der Waals surface area contributed by atoms with Crippen LogP contribution in [0.3, 0.4) is 0 Å². The molecular formula is C21H26N4O3. The molecule has 0 saturated carbocycles. The molecular weight excluding hydrogens is 356 g/mol. The van der Waals surface area contributed by atoms with Gasteiger partial charge in [0, 0.05) is 51.0 Å². The van der Waals surface area contributed by atoms with Crippen molar-refractivity contribution in [1.29, 1.82) is 0 Å². The molecule has 1 amide bonds. The van der Waals surface area contributed by atoms with E-state index in [9.17, 15) is 4.79 Å². The minimum atomic E-state index is -0.144. The fourth-order valence-electron chi connectivity index (χ4n) is 3.93. The Labute approximate surface area is 165 Å². The number of carbonyl (C=O) groups is 1. The van der Waals surface area contributed by atoms with Gasteiger partial charge in [0.25, 0.3) is 0 Å². The summed E-state index contributed by atoms with van der Waals surface area (Å²) in [5.74, 6) is 0.0946. The monoisotopic (exact) mass is 382 g/mol. The molecule has 2 fully saturated rings. The van der Waals surface area contributed by atoms with E-state index in [-0.39, 0.29) is 18.1 Å². The van der Waals surface area contributed by atoms with Gasteiger partial charge in [0.1, 0.15) is 0 Å². The molecule has 0 spiro atoms. The van der Waals surface area contributed by atoms with Crippen molar-refractivity contribution in [3.8, 4) is 0 Å². The first-order valence-electron chi connectivity index (χ1n) is 9.81. The molecule has 2 aromatic rings. The highest BCUT2D eigenvalue weighted by Crippen LogP contribution is 2.30. The Balaban J connectivity index is 1.55. The van der Waals surface area contributed by atoms with Crippen LogP contribution in [0.25, 0.3) is 0 Å². The summed E-state index contributed by atoms with van der Waals surface area (Å²) in [4.78, 5) is 25.9. The summed E-state index contributed by atoms with van der Waals surface area (Å²) < 4.78 is 11.6. The highest BCUT2D eigenvalue weighted by molar-refractivity contribution is 5.79. The van der Waals surface area contributed by atoms with Gasteiger partial charge in [0.15, 0.2) is 0 Å². The van der Waals surface area contributed by atoms with Gasteiger partial charge in [-0.2, -0.15) is 0 Å². The maximum absolute atomic E-state index is 13.2. The lowest BCUT2D eigenvalue weighted by molar-refractivity contribution is -0.148. The molecule has 2 atom stereocenters. The summed E-state index contributed by atoms with van der Waals surface area (Å²) in [5.41, 5.74) is 1.94. The molecule has 4 heterocycles. The first-order valence-corrected chi connectivity index (χ1v) is 9.81. The summed E-state index contributed by atoms with van der Waals surface area (Å²) in [6, 6.07) is 7.61. The standard InChI is InChI=1S/C21H26N4O3/c26-20(13-17-3-1-5-22-14-17)25-9-12-28-19(16-24-7-10-27-11-8-24)21(25)18-4-2-6-23-15-18/h1-6,14-15,19,21H,7-13,16H2/t19-,21-/m0/s1. The summed E-state index contributed by atoms with van der Waals surface area (Å²) in [6.45, 7) is 5.18. The number of pyridine rings is 2. The maximum Gasteiger partial charge on any atom is 0.227 e. The van der Waals surface area contributed by atoms with Crippen LogP contribution >= 0.6 is 0 Å². The van der Waals surface area contributed by atoms with E-state index in [4.69, 9.17) is 9.47 Å². The van der Waals surface area contributed by atoms with Crippen LogP contribution in [0.4, 0.5) is 0 Å². The van der Waals surface area contributed by atoms with Crippen LogP contribution in [0.1, 0.15) is 17.2 Å². The zero-order valence-electron chi connectivity index (χ0n) is 15.9. The fraction of sp³-hybridized carbons (Fsp3) is 0.476. The van der Waals surface area contributed by atoms with Gasteiger partial charge in [0.2, 0.25) is 5.91 Å². The molecule has 0 aromatic carbocycles. The molecule has 2 aromatic heterocycles. The average molecular weight is 382 g/mol. The number of nitrogens with zero attached hydrogens (tertiary/aromatic N) is 4. The van der Waals surface area contributed by atoms with Crippen LogP contribution in [0.15, 0.2) is 49.1 Å². The number of aromatic nitrogens is 2. The number of carbonyl (C=O) groups excluding carboxylic acids is 1. The molecule has 0 radical (unpaired) electrons. The highest BCUT2D eigenvalue weighted by Gasteiger charge is 2.37. The maximum atomic E-state index is 13.2. The Bertz CT molecular complexity index is 753. The average Bonchev–Trinajstić information content (AvgIpc) is 2.76. The van der Waals surface area contributed by atoms with E-state index >= 15 is 0 Å². The number of morpholine rings is 2. The molecule has 7 heteroatoms. The number of rotatable bonds is 5. The van der Waals surface area contributed by atoms with Gasteiger partial charge >= 0.3 is 0 Å². The topological polar surface area (TPSA) is 67.8 Å². The molecule has 148 valence electrons. The fourth-order valence-corrected chi connectivity index (χ4v) is 3.93. The van der Waals surface area contributed by atoms with Gasteiger partial charge in [-0.25, -0.2) is 0 Å². The lowest BCUT2D eigenvalue weighted by Gasteiger charge is -2.43. The molecule has 4 rings (SSSR count). The van der Waals surface area contributed by atoms with E-state index in [1.807, 2.05) is 35.4 Å². The zero-order valence-corrected chi connectivity index (χ0v) is 15.9. The molecule has 7 nitrogen and oxygen atoms in total. The lowest BCUT2D eigenvalue weighted by Crippen LogP contribution is -2.53. The molecule has 0 aliphatic carbocycles. The van der Waals surface area contributed by atoms with Crippen molar-refractivity contribution in [2.24, 2.45) is 0 Å². The van der Waals surface area contributed by atoms with Crippen molar-refractivity contribution in [3.05, 3.63) is 60.2 Å². The summed E-state index contributed by atoms with van der Waals surface area (Å²) in [6.07, 6.45) is 7.33. The second-order valence-electron chi connectivity index (χ2n) is 7.18. The Morgan fingerprint density at radius 3 is 2.54 bits per heavy atom. The van der Waals surface area contributed by atoms with Crippen molar-refractivity contribution >= 4 is 5.91 Å². The number of ether oxygens (including phenoxy) is 2. The SMILES string of the molecule is O=C(Cc1cccnc1)N1CCO[C@@H](CN2CCOCC2)[C@@H]1c1cccnc1. The largest absolute Gasteiger partial charge is 0.379 e. The van der Waals surface area contributed by atoms with Crippen LogP contribution < -0.4 is 0 Å². The molecule has 2 aliphatic heterocycles. The molecule has 0 unspecified atom stereocenters. The number of hydrogen-bond acceptors (Lipinski definition) is 6. The summed E-state index contributed by atoms with van der Waals surface area (Å²) in [5, 5.41) is 0. The Hall–Kier alpha value is -2.35. The van der Waals surface area contributed by atoms with Crippen molar-refractivity contribution in [3.63, 3.8) is 0 Å². The third-order valence-corrected chi connectivity index (χ3v) is 5.32. The third-order valence-electron chi connectivity index (χ3n) is 5.32. The van der Waals surface area contributed by atoms with Crippen molar-refractivity contribution in [2.75, 3.05) is 46.0 Å². The van der Waals surface area contributed by atoms with Crippen molar-refractivity contribution in [2.45, 2.75) is 18.6 Å². The van der Waals surface area contributed by atoms with E-state index in [1.165, 1.54) is 0 Å². The van der Waals surface area contributed by atoms with Gasteiger partial charge < -0.3 is 14.4 Å². The summed E-state index contributed by atoms with van der Waals surface area (Å²) >= 11 is 0. The van der Waals surface area contributed by atoms with E-state index < -0.39 is 0 Å². The zero-order chi connectivity index (χ0) is 19.2. The van der Waals surface area contributed by atoms with Gasteiger partial charge in [-0.3, -0.25) is 19.7 Å². The Kier molecular flexibility index (Phi) is 6.26. The summed E-state index contributed by atoms with van der Waals surface area (Å²) in [7, 11) is 0. The van der Waals surface area contributed by atoms with Gasteiger partial charge in [-0.15, -0.1) is 0 Å². The predicted octanol–water partition coefficient (Wildman–Crippen LogP) is 1.32. The van der Waals surface area contributed by atoms with E-state index in [0.717, 1.165) is 44.0 Å². The van der Waals surface area contributed by atoms with Crippen LogP contribution in [0.5, 0.6) is 0 Å². The quantitative estimate of drug-likeness (QED) is 0.777. The van der Waals surface area contributed by atoms with E-state index in [1.54, 1.807) is 18.6 Å². The highest BCUT2D eigenvalue weighted by atomic mass is 16.5. The predicted molar refractivity (Wildman–Crippen MR) is 104 cm³/mol. The minimum Gasteiger partial charge on any atom is -0.379 e. The van der Waals surface area contributed by atoms with Crippen LogP contribution in [-0.4, -0.2) is 77.8 Å². The van der Waals surface area contributed by atoms with Crippen LogP contribution in [0, 0.1) is 0 Å². The molecule has 0 bridgehead atoms. The second kappa shape index (κ2) is 9.23. The lowest BCUT2D eigenvalue weighted by atomic mass is 9.98. The van der Waals surface area contributed by atoms with Gasteiger partial charge in [0.05, 0.1) is 38.4 Å². The smallest absolute Gasteiger partial charge is 0.227 e. The second-order valence-corrected chi connectivity index (χ2v) is 7.18. The van der Waals surface area contributed by atoms with E-state index in [0.29, 0.717) is 19.6 Å². The molecule has 0 N–H and O–H groups in total. The third kappa shape index (κ3) is 4.55. The molecule has 2 aliphatic rings. The minimum absolute atomic E-state index is 0.0890. The van der Waals surface area contributed by atoms with Crippen LogP contribution in [0.2, 0.25) is 0 Å². The number of amides is 1. The normalized spacial score (nSPS) is 23.5. The van der Waals surface area contributed by atoms with Gasteiger partial charge in [-0.05, 0) is 23.3 Å². The first kappa shape index (κ1) is 19.0. The van der Waals surface area contributed by atoms with Crippen molar-refractivity contribution < 1.29 is 14.3 Å². The van der Waals surface area contributed by atoms with Gasteiger partial charge in [-0.1, -0.05) is 12.1 Å². The molecule has 2 saturated heterocycles. The van der Waals surface area contributed by atoms with Crippen LogP contribution in [-0.2, 0) is 20.7 Å². The Morgan fingerprint density at radius 2 is 1.82 bits per heavy atom. The first-order chi connectivity index (χ1) is 13.8. The number of hydrogen-bond donors (Lipinski definition) is 0. The van der Waals surface area contributed by atoms with Crippen molar-refractivity contribution in [1.82, 2.24) is 19.8 Å². The Morgan fingerprint density at radius 1 is 1.04 bits per heavy atom.